The van der Waals surface area contributed by atoms with Gasteiger partial charge in [-0.3, -0.25) is 14.2 Å². The van der Waals surface area contributed by atoms with E-state index in [1.807, 2.05) is 12.1 Å². The van der Waals surface area contributed by atoms with Crippen molar-refractivity contribution < 1.29 is 9.13 Å². The van der Waals surface area contributed by atoms with E-state index in [-0.39, 0.29) is 16.6 Å². The molecule has 0 saturated heterocycles. The van der Waals surface area contributed by atoms with Crippen molar-refractivity contribution in [1.29, 1.82) is 0 Å². The zero-order chi connectivity index (χ0) is 20.5. The number of halogens is 1. The third kappa shape index (κ3) is 3.23. The Morgan fingerprint density at radius 1 is 1.07 bits per heavy atom. The summed E-state index contributed by atoms with van der Waals surface area (Å²) in [7, 11) is 3.37. The SMILES string of the molecule is COCCCn1c(-c2ccc(F)cc2)nc2c(c(=O)c3ccccc3n2C)c1=O. The fourth-order valence-electron chi connectivity index (χ4n) is 3.59. The Kier molecular flexibility index (Phi) is 4.98. The molecule has 6 nitrogen and oxygen atoms in total. The third-order valence-corrected chi connectivity index (χ3v) is 5.04. The van der Waals surface area contributed by atoms with E-state index in [9.17, 15) is 14.0 Å². The van der Waals surface area contributed by atoms with Gasteiger partial charge in [-0.25, -0.2) is 9.37 Å². The Bertz CT molecular complexity index is 1320. The molecular weight excluding hydrogens is 373 g/mol. The van der Waals surface area contributed by atoms with Gasteiger partial charge < -0.3 is 9.30 Å². The summed E-state index contributed by atoms with van der Waals surface area (Å²) >= 11 is 0. The Morgan fingerprint density at radius 3 is 2.52 bits per heavy atom. The molecule has 0 spiro atoms. The van der Waals surface area contributed by atoms with Crippen LogP contribution < -0.4 is 11.0 Å². The van der Waals surface area contributed by atoms with Crippen LogP contribution in [-0.4, -0.2) is 27.8 Å². The second-order valence-electron chi connectivity index (χ2n) is 6.85. The molecule has 2 heterocycles. The molecule has 4 aromatic rings. The fraction of sp³-hybridized carbons (Fsp3) is 0.227. The van der Waals surface area contributed by atoms with Gasteiger partial charge in [-0.2, -0.15) is 0 Å². The Labute approximate surface area is 165 Å². The van der Waals surface area contributed by atoms with Crippen LogP contribution in [0.25, 0.3) is 33.3 Å². The molecule has 0 N–H and O–H groups in total. The molecule has 7 heteroatoms. The molecule has 0 fully saturated rings. The smallest absolute Gasteiger partial charge is 0.267 e. The van der Waals surface area contributed by atoms with Gasteiger partial charge in [0.25, 0.3) is 5.56 Å². The number of pyridine rings is 1. The molecule has 0 radical (unpaired) electrons. The lowest BCUT2D eigenvalue weighted by Gasteiger charge is -2.16. The van der Waals surface area contributed by atoms with Gasteiger partial charge in [-0.1, -0.05) is 12.1 Å². The minimum absolute atomic E-state index is 0.0504. The van der Waals surface area contributed by atoms with Gasteiger partial charge in [-0.15, -0.1) is 0 Å². The maximum absolute atomic E-state index is 13.4. The van der Waals surface area contributed by atoms with E-state index in [1.54, 1.807) is 43.0 Å². The van der Waals surface area contributed by atoms with Crippen LogP contribution in [0.5, 0.6) is 0 Å². The van der Waals surface area contributed by atoms with E-state index in [2.05, 4.69) is 4.98 Å². The van der Waals surface area contributed by atoms with Gasteiger partial charge in [-0.05, 0) is 42.8 Å². The molecule has 2 aromatic carbocycles. The van der Waals surface area contributed by atoms with Gasteiger partial charge in [0.15, 0.2) is 5.65 Å². The highest BCUT2D eigenvalue weighted by Crippen LogP contribution is 2.21. The molecule has 0 aliphatic heterocycles. The molecular formula is C22H20FN3O3. The lowest BCUT2D eigenvalue weighted by atomic mass is 10.1. The minimum atomic E-state index is -0.406. The number of nitrogens with zero attached hydrogens (tertiary/aromatic N) is 3. The summed E-state index contributed by atoms with van der Waals surface area (Å²) in [6.07, 6.45) is 0.575. The lowest BCUT2D eigenvalue weighted by Crippen LogP contribution is -2.29. The zero-order valence-electron chi connectivity index (χ0n) is 16.2. The van der Waals surface area contributed by atoms with Crippen LogP contribution in [0.1, 0.15) is 6.42 Å². The topological polar surface area (TPSA) is 66.1 Å². The van der Waals surface area contributed by atoms with E-state index in [0.29, 0.717) is 47.5 Å². The molecule has 0 amide bonds. The number of rotatable bonds is 5. The van der Waals surface area contributed by atoms with Crippen molar-refractivity contribution in [3.8, 4) is 11.4 Å². The van der Waals surface area contributed by atoms with Crippen LogP contribution in [0.3, 0.4) is 0 Å². The maximum Gasteiger partial charge on any atom is 0.267 e. The van der Waals surface area contributed by atoms with Gasteiger partial charge in [0.1, 0.15) is 17.0 Å². The molecule has 0 atom stereocenters. The number of hydrogen-bond donors (Lipinski definition) is 0. The minimum Gasteiger partial charge on any atom is -0.385 e. The predicted octanol–water partition coefficient (Wildman–Crippen LogP) is 3.09. The van der Waals surface area contributed by atoms with Gasteiger partial charge in [0.05, 0.1) is 5.52 Å². The van der Waals surface area contributed by atoms with Crippen LogP contribution in [-0.2, 0) is 18.3 Å². The van der Waals surface area contributed by atoms with Crippen LogP contribution in [0.15, 0.2) is 58.1 Å². The monoisotopic (exact) mass is 393 g/mol. The first kappa shape index (κ1) is 19.0. The van der Waals surface area contributed by atoms with E-state index in [4.69, 9.17) is 4.74 Å². The average Bonchev–Trinajstić information content (AvgIpc) is 2.73. The highest BCUT2D eigenvalue weighted by Gasteiger charge is 2.19. The van der Waals surface area contributed by atoms with Gasteiger partial charge in [0, 0.05) is 38.3 Å². The van der Waals surface area contributed by atoms with Crippen molar-refractivity contribution in [2.24, 2.45) is 7.05 Å². The van der Waals surface area contributed by atoms with Crippen LogP contribution in [0, 0.1) is 5.82 Å². The number of para-hydroxylation sites is 1. The highest BCUT2D eigenvalue weighted by molar-refractivity contribution is 5.91. The first-order valence-corrected chi connectivity index (χ1v) is 9.30. The first-order valence-electron chi connectivity index (χ1n) is 9.30. The summed E-state index contributed by atoms with van der Waals surface area (Å²) in [6.45, 7) is 0.793. The van der Waals surface area contributed by atoms with Crippen molar-refractivity contribution in [1.82, 2.24) is 14.1 Å². The molecule has 148 valence electrons. The molecule has 4 rings (SSSR count). The number of fused-ring (bicyclic) bond motifs is 2. The second kappa shape index (κ2) is 7.60. The quantitative estimate of drug-likeness (QED) is 0.386. The number of ether oxygens (including phenoxy) is 1. The molecule has 0 aliphatic carbocycles. The van der Waals surface area contributed by atoms with Crippen LogP contribution in [0.4, 0.5) is 4.39 Å². The van der Waals surface area contributed by atoms with Crippen molar-refractivity contribution in [3.63, 3.8) is 0 Å². The van der Waals surface area contributed by atoms with Crippen LogP contribution >= 0.6 is 0 Å². The van der Waals surface area contributed by atoms with E-state index in [0.717, 1.165) is 0 Å². The molecule has 0 aliphatic rings. The second-order valence-corrected chi connectivity index (χ2v) is 6.85. The molecule has 0 unspecified atom stereocenters. The fourth-order valence-corrected chi connectivity index (χ4v) is 3.59. The number of aromatic nitrogens is 3. The first-order chi connectivity index (χ1) is 14.0. The summed E-state index contributed by atoms with van der Waals surface area (Å²) in [5.74, 6) is 0.0186. The van der Waals surface area contributed by atoms with Crippen molar-refractivity contribution in [2.45, 2.75) is 13.0 Å². The largest absolute Gasteiger partial charge is 0.385 e. The summed E-state index contributed by atoms with van der Waals surface area (Å²) < 4.78 is 21.8. The van der Waals surface area contributed by atoms with Crippen molar-refractivity contribution in [2.75, 3.05) is 13.7 Å². The van der Waals surface area contributed by atoms with Crippen LogP contribution in [0.2, 0.25) is 0 Å². The molecule has 2 aromatic heterocycles. The molecule has 0 bridgehead atoms. The predicted molar refractivity (Wildman–Crippen MR) is 111 cm³/mol. The summed E-state index contributed by atoms with van der Waals surface area (Å²) in [5.41, 5.74) is 0.859. The highest BCUT2D eigenvalue weighted by atomic mass is 19.1. The maximum atomic E-state index is 13.4. The Hall–Kier alpha value is -3.32. The Balaban J connectivity index is 2.10. The summed E-state index contributed by atoms with van der Waals surface area (Å²) in [4.78, 5) is 31.2. The van der Waals surface area contributed by atoms with Crippen molar-refractivity contribution in [3.05, 3.63) is 74.9 Å². The number of hydrogen-bond acceptors (Lipinski definition) is 4. The van der Waals surface area contributed by atoms with E-state index in [1.165, 1.54) is 16.7 Å². The average molecular weight is 393 g/mol. The standard InChI is InChI=1S/C22H20FN3O3/c1-25-17-7-4-3-6-16(17)19(27)18-21(25)24-20(14-8-10-15(23)11-9-14)26(22(18)28)12-5-13-29-2/h3-4,6-11H,5,12-13H2,1-2H3. The van der Waals surface area contributed by atoms with Gasteiger partial charge >= 0.3 is 0 Å². The zero-order valence-corrected chi connectivity index (χ0v) is 16.2. The number of methoxy groups -OCH3 is 1. The van der Waals surface area contributed by atoms with E-state index < -0.39 is 5.56 Å². The molecule has 0 saturated carbocycles. The lowest BCUT2D eigenvalue weighted by molar-refractivity contribution is 0.190. The number of benzene rings is 2. The third-order valence-electron chi connectivity index (χ3n) is 5.04. The van der Waals surface area contributed by atoms with Crippen molar-refractivity contribution >= 4 is 21.9 Å². The Morgan fingerprint density at radius 2 is 1.79 bits per heavy atom. The number of aryl methyl sites for hydroxylation is 1. The summed E-state index contributed by atoms with van der Waals surface area (Å²) in [5, 5.41) is 0.522. The molecule has 29 heavy (non-hydrogen) atoms. The van der Waals surface area contributed by atoms with Gasteiger partial charge in [0.2, 0.25) is 5.43 Å². The van der Waals surface area contributed by atoms with E-state index >= 15 is 0 Å². The summed E-state index contributed by atoms with van der Waals surface area (Å²) in [6, 6.07) is 12.9. The normalized spacial score (nSPS) is 11.4.